The molecule has 0 aliphatic carbocycles. The van der Waals surface area contributed by atoms with Crippen molar-refractivity contribution in [1.29, 1.82) is 0 Å². The van der Waals surface area contributed by atoms with Crippen LogP contribution >= 0.6 is 33.9 Å². The van der Waals surface area contributed by atoms with E-state index in [1.54, 1.807) is 4.57 Å². The standard InChI is InChI=1S/C29H26IN3O3S/c1-5-23-25(28(35)36-4)26(19-9-7-6-8-10-19)33-27(34)24(37-29(33)31-23)16-20-15-17(2)32(18(20)3)22-13-11-21(30)12-14-22/h6-16,26H,5H2,1-4H3/b24-16+/t26-/m0/s1. The number of aryl methyl sites for hydroxylation is 1. The highest BCUT2D eigenvalue weighted by Gasteiger charge is 2.33. The predicted octanol–water partition coefficient (Wildman–Crippen LogP) is 4.81. The van der Waals surface area contributed by atoms with E-state index in [1.165, 1.54) is 22.0 Å². The van der Waals surface area contributed by atoms with Crippen molar-refractivity contribution < 1.29 is 9.53 Å². The first-order chi connectivity index (χ1) is 17.8. The first-order valence-corrected chi connectivity index (χ1v) is 13.9. The van der Waals surface area contributed by atoms with E-state index in [-0.39, 0.29) is 5.56 Å². The number of nitrogens with zero attached hydrogens (tertiary/aromatic N) is 3. The van der Waals surface area contributed by atoms with Crippen molar-refractivity contribution in [3.8, 4) is 5.69 Å². The predicted molar refractivity (Wildman–Crippen MR) is 155 cm³/mol. The lowest BCUT2D eigenvalue weighted by Gasteiger charge is -2.25. The Morgan fingerprint density at radius 3 is 2.49 bits per heavy atom. The number of ether oxygens (including phenoxy) is 1. The second-order valence-electron chi connectivity index (χ2n) is 8.84. The number of esters is 1. The molecule has 0 unspecified atom stereocenters. The molecule has 8 heteroatoms. The topological polar surface area (TPSA) is 65.6 Å². The summed E-state index contributed by atoms with van der Waals surface area (Å²) >= 11 is 3.65. The van der Waals surface area contributed by atoms with Gasteiger partial charge in [0.1, 0.15) is 0 Å². The quantitative estimate of drug-likeness (QED) is 0.237. The maximum Gasteiger partial charge on any atom is 0.338 e. The van der Waals surface area contributed by atoms with Crippen LogP contribution in [0.4, 0.5) is 0 Å². The molecule has 0 bridgehead atoms. The average molecular weight is 624 g/mol. The van der Waals surface area contributed by atoms with Crippen LogP contribution in [0.25, 0.3) is 11.8 Å². The molecule has 1 aliphatic rings. The number of rotatable bonds is 5. The van der Waals surface area contributed by atoms with Gasteiger partial charge in [0.05, 0.1) is 29.0 Å². The second-order valence-corrected chi connectivity index (χ2v) is 11.1. The lowest BCUT2D eigenvalue weighted by atomic mass is 9.95. The maximum atomic E-state index is 13.9. The van der Waals surface area contributed by atoms with Crippen molar-refractivity contribution in [2.75, 3.05) is 7.11 Å². The number of hydrogen-bond donors (Lipinski definition) is 0. The molecule has 1 atom stereocenters. The number of aromatic nitrogens is 2. The number of carbonyl (C=O) groups excluding carboxylic acids is 1. The molecule has 0 radical (unpaired) electrons. The van der Waals surface area contributed by atoms with Gasteiger partial charge >= 0.3 is 5.97 Å². The van der Waals surface area contributed by atoms with Crippen molar-refractivity contribution in [3.05, 3.63) is 118 Å². The average Bonchev–Trinajstić information content (AvgIpc) is 3.37. The minimum Gasteiger partial charge on any atom is -0.466 e. The molecule has 2 aromatic carbocycles. The van der Waals surface area contributed by atoms with E-state index in [1.807, 2.05) is 43.3 Å². The number of halogens is 1. The Morgan fingerprint density at radius 1 is 1.14 bits per heavy atom. The molecule has 0 saturated heterocycles. The van der Waals surface area contributed by atoms with Gasteiger partial charge in [-0.15, -0.1) is 0 Å². The highest BCUT2D eigenvalue weighted by Crippen LogP contribution is 2.31. The Labute approximate surface area is 232 Å². The Hall–Kier alpha value is -3.24. The van der Waals surface area contributed by atoms with Crippen LogP contribution in [0.1, 0.15) is 41.9 Å². The summed E-state index contributed by atoms with van der Waals surface area (Å²) in [5, 5.41) is 0. The van der Waals surface area contributed by atoms with Crippen LogP contribution in [0, 0.1) is 17.4 Å². The summed E-state index contributed by atoms with van der Waals surface area (Å²) in [4.78, 5) is 32.1. The number of carbonyl (C=O) groups is 1. The molecule has 6 nitrogen and oxygen atoms in total. The van der Waals surface area contributed by atoms with Gasteiger partial charge in [-0.3, -0.25) is 9.36 Å². The van der Waals surface area contributed by atoms with Gasteiger partial charge in [0.2, 0.25) is 0 Å². The third kappa shape index (κ3) is 4.53. The van der Waals surface area contributed by atoms with Gasteiger partial charge in [0.25, 0.3) is 5.56 Å². The molecule has 5 rings (SSSR count). The minimum atomic E-state index is -0.596. The summed E-state index contributed by atoms with van der Waals surface area (Å²) < 4.78 is 10.7. The highest BCUT2D eigenvalue weighted by atomic mass is 127. The zero-order chi connectivity index (χ0) is 26.3. The second kappa shape index (κ2) is 10.3. The van der Waals surface area contributed by atoms with E-state index in [9.17, 15) is 9.59 Å². The Kier molecular flexibility index (Phi) is 7.04. The van der Waals surface area contributed by atoms with Gasteiger partial charge in [-0.1, -0.05) is 48.6 Å². The molecule has 37 heavy (non-hydrogen) atoms. The van der Waals surface area contributed by atoms with Gasteiger partial charge < -0.3 is 9.30 Å². The molecule has 2 aromatic heterocycles. The van der Waals surface area contributed by atoms with E-state index >= 15 is 0 Å². The van der Waals surface area contributed by atoms with Crippen LogP contribution < -0.4 is 14.9 Å². The van der Waals surface area contributed by atoms with Crippen molar-refractivity contribution in [2.24, 2.45) is 4.99 Å². The summed E-state index contributed by atoms with van der Waals surface area (Å²) in [6, 6.07) is 19.4. The molecule has 0 spiro atoms. The van der Waals surface area contributed by atoms with Gasteiger partial charge in [-0.05, 0) is 90.4 Å². The molecule has 0 N–H and O–H groups in total. The Morgan fingerprint density at radius 2 is 1.84 bits per heavy atom. The number of hydrogen-bond acceptors (Lipinski definition) is 5. The number of allylic oxidation sites excluding steroid dienone is 1. The molecular weight excluding hydrogens is 597 g/mol. The van der Waals surface area contributed by atoms with Gasteiger partial charge in [-0.25, -0.2) is 9.79 Å². The smallest absolute Gasteiger partial charge is 0.338 e. The fraction of sp³-hybridized carbons (Fsp3) is 0.207. The number of methoxy groups -OCH3 is 1. The SMILES string of the molecule is CCC1=C(C(=O)OC)[C@H](c2ccccc2)n2c(s/c(=C/c3cc(C)n(-c4ccc(I)cc4)c3C)c2=O)=N1. The third-order valence-corrected chi connectivity index (χ3v) is 8.31. The molecule has 0 fully saturated rings. The number of thiazole rings is 1. The van der Waals surface area contributed by atoms with Crippen LogP contribution in [0.3, 0.4) is 0 Å². The normalized spacial score (nSPS) is 15.5. The van der Waals surface area contributed by atoms with Crippen molar-refractivity contribution in [1.82, 2.24) is 9.13 Å². The fourth-order valence-electron chi connectivity index (χ4n) is 4.88. The van der Waals surface area contributed by atoms with E-state index in [4.69, 9.17) is 9.73 Å². The van der Waals surface area contributed by atoms with Crippen LogP contribution in [0.15, 0.2) is 81.7 Å². The van der Waals surface area contributed by atoms with E-state index < -0.39 is 12.0 Å². The molecule has 4 aromatic rings. The van der Waals surface area contributed by atoms with Crippen molar-refractivity contribution in [3.63, 3.8) is 0 Å². The lowest BCUT2D eigenvalue weighted by molar-refractivity contribution is -0.136. The van der Waals surface area contributed by atoms with Crippen LogP contribution in [0.2, 0.25) is 0 Å². The largest absolute Gasteiger partial charge is 0.466 e. The first-order valence-electron chi connectivity index (χ1n) is 12.0. The van der Waals surface area contributed by atoms with Crippen LogP contribution in [0.5, 0.6) is 0 Å². The Balaban J connectivity index is 1.71. The van der Waals surface area contributed by atoms with Gasteiger partial charge in [0, 0.05) is 20.6 Å². The molecule has 0 amide bonds. The van der Waals surface area contributed by atoms with Gasteiger partial charge in [0.15, 0.2) is 4.80 Å². The summed E-state index contributed by atoms with van der Waals surface area (Å²) in [5.41, 5.74) is 5.91. The zero-order valence-corrected chi connectivity index (χ0v) is 24.0. The van der Waals surface area contributed by atoms with E-state index in [0.29, 0.717) is 27.0 Å². The molecule has 188 valence electrons. The lowest BCUT2D eigenvalue weighted by Crippen LogP contribution is -2.40. The molecule has 0 saturated carbocycles. The monoisotopic (exact) mass is 623 g/mol. The number of fused-ring (bicyclic) bond motifs is 1. The summed E-state index contributed by atoms with van der Waals surface area (Å²) in [6.45, 7) is 6.08. The molecular formula is C29H26IN3O3S. The Bertz CT molecular complexity index is 1710. The highest BCUT2D eigenvalue weighted by molar-refractivity contribution is 14.1. The zero-order valence-electron chi connectivity index (χ0n) is 21.0. The van der Waals surface area contributed by atoms with E-state index in [0.717, 1.165) is 28.2 Å². The molecule has 1 aliphatic heterocycles. The fourth-order valence-corrected chi connectivity index (χ4v) is 6.25. The summed E-state index contributed by atoms with van der Waals surface area (Å²) in [5.74, 6) is -0.468. The van der Waals surface area contributed by atoms with Crippen molar-refractivity contribution >= 4 is 46.0 Å². The van der Waals surface area contributed by atoms with Crippen LogP contribution in [-0.2, 0) is 9.53 Å². The summed E-state index contributed by atoms with van der Waals surface area (Å²) in [6.07, 6.45) is 2.49. The van der Waals surface area contributed by atoms with Crippen molar-refractivity contribution in [2.45, 2.75) is 33.2 Å². The first kappa shape index (κ1) is 25.4. The van der Waals surface area contributed by atoms with Crippen LogP contribution in [-0.4, -0.2) is 22.2 Å². The maximum absolute atomic E-state index is 13.9. The summed E-state index contributed by atoms with van der Waals surface area (Å²) in [7, 11) is 1.36. The van der Waals surface area contributed by atoms with Gasteiger partial charge in [-0.2, -0.15) is 0 Å². The third-order valence-electron chi connectivity index (χ3n) is 6.61. The number of benzene rings is 2. The molecule has 3 heterocycles. The minimum absolute atomic E-state index is 0.173. The van der Waals surface area contributed by atoms with E-state index in [2.05, 4.69) is 71.3 Å².